The molecule has 0 saturated carbocycles. The van der Waals surface area contributed by atoms with Crippen LogP contribution in [-0.4, -0.2) is 67.0 Å². The minimum atomic E-state index is -0.469. The normalized spacial score (nSPS) is 15.1. The summed E-state index contributed by atoms with van der Waals surface area (Å²) in [5, 5.41) is 3.13. The highest BCUT2D eigenvalue weighted by Gasteiger charge is 2.18. The summed E-state index contributed by atoms with van der Waals surface area (Å²) in [7, 11) is 0. The number of likely N-dealkylation sites (N-methyl/N-ethyl adjacent to an activating group) is 1. The molecule has 194 valence electrons. The molecule has 0 spiro atoms. The van der Waals surface area contributed by atoms with E-state index in [1.807, 2.05) is 38.2 Å². The number of nitrogens with one attached hydrogen (secondary N) is 1. The summed E-state index contributed by atoms with van der Waals surface area (Å²) in [4.78, 5) is 22.9. The molecule has 1 saturated heterocycles. The highest BCUT2D eigenvalue weighted by Crippen LogP contribution is 2.30. The van der Waals surface area contributed by atoms with Crippen LogP contribution >= 0.6 is 0 Å². The number of benzene rings is 1. The topological polar surface area (TPSA) is 75.0 Å². The minimum absolute atomic E-state index is 0.238. The lowest BCUT2D eigenvalue weighted by atomic mass is 10.1. The van der Waals surface area contributed by atoms with Gasteiger partial charge < -0.3 is 14.8 Å². The lowest BCUT2D eigenvalue weighted by Gasteiger charge is -2.33. The van der Waals surface area contributed by atoms with E-state index in [1.54, 1.807) is 0 Å². The molecule has 1 aliphatic rings. The van der Waals surface area contributed by atoms with Crippen molar-refractivity contribution >= 4 is 22.8 Å². The monoisotopic (exact) mass is 502 g/mol. The first kappa shape index (κ1) is 25.2. The van der Waals surface area contributed by atoms with E-state index in [9.17, 15) is 4.39 Å². The van der Waals surface area contributed by atoms with Gasteiger partial charge in [0.05, 0.1) is 17.2 Å². The Bertz CT molecular complexity index is 1390. The predicted molar refractivity (Wildman–Crippen MR) is 145 cm³/mol. The first-order valence-electron chi connectivity index (χ1n) is 13.0. The Morgan fingerprint density at radius 3 is 2.41 bits per heavy atom. The minimum Gasteiger partial charge on any atom is -0.326 e. The zero-order valence-electron chi connectivity index (χ0n) is 22.3. The Hall–Kier alpha value is -3.43. The molecule has 1 fully saturated rings. The molecule has 5 rings (SSSR count). The van der Waals surface area contributed by atoms with E-state index in [0.717, 1.165) is 67.3 Å². The van der Waals surface area contributed by atoms with Gasteiger partial charge in [-0.3, -0.25) is 4.90 Å². The molecular formula is C28H35FN8. The van der Waals surface area contributed by atoms with Crippen LogP contribution in [0.3, 0.4) is 0 Å². The molecule has 8 nitrogen and oxygen atoms in total. The number of aromatic nitrogens is 5. The van der Waals surface area contributed by atoms with Crippen molar-refractivity contribution in [2.45, 2.75) is 47.2 Å². The number of imidazole rings is 1. The van der Waals surface area contributed by atoms with Crippen LogP contribution in [0.5, 0.6) is 0 Å². The number of hydrogen-bond donors (Lipinski definition) is 1. The Labute approximate surface area is 217 Å². The fourth-order valence-corrected chi connectivity index (χ4v) is 5.13. The SMILES string of the molecule is CCN1CCN(Cc2ccc(Nc3ncc(F)c(-c4cc(C)c5nc(C)n(C(C)C)c5c4)n3)nc2)CC1. The number of pyridine rings is 1. The Kier molecular flexibility index (Phi) is 7.17. The van der Waals surface area contributed by atoms with E-state index in [4.69, 9.17) is 4.98 Å². The molecule has 4 heterocycles. The molecule has 0 bridgehead atoms. The average molecular weight is 503 g/mol. The Balaban J connectivity index is 1.35. The van der Waals surface area contributed by atoms with Gasteiger partial charge >= 0.3 is 0 Å². The zero-order chi connectivity index (χ0) is 26.1. The van der Waals surface area contributed by atoms with Gasteiger partial charge in [-0.05, 0) is 63.6 Å². The van der Waals surface area contributed by atoms with Gasteiger partial charge in [0.25, 0.3) is 0 Å². The van der Waals surface area contributed by atoms with Crippen LogP contribution in [0, 0.1) is 19.7 Å². The first-order chi connectivity index (χ1) is 17.8. The van der Waals surface area contributed by atoms with Gasteiger partial charge in [-0.15, -0.1) is 0 Å². The van der Waals surface area contributed by atoms with Crippen LogP contribution in [0.1, 0.15) is 43.8 Å². The third-order valence-corrected chi connectivity index (χ3v) is 7.08. The van der Waals surface area contributed by atoms with Crippen LogP contribution in [0.2, 0.25) is 0 Å². The molecule has 3 aromatic heterocycles. The molecule has 0 atom stereocenters. The van der Waals surface area contributed by atoms with Crippen molar-refractivity contribution < 1.29 is 4.39 Å². The van der Waals surface area contributed by atoms with Crippen molar-refractivity contribution in [1.82, 2.24) is 34.3 Å². The summed E-state index contributed by atoms with van der Waals surface area (Å²) in [6, 6.07) is 8.12. The highest BCUT2D eigenvalue weighted by molar-refractivity contribution is 5.85. The van der Waals surface area contributed by atoms with Crippen molar-refractivity contribution in [1.29, 1.82) is 0 Å². The van der Waals surface area contributed by atoms with Crippen LogP contribution in [0.15, 0.2) is 36.7 Å². The number of anilines is 2. The summed E-state index contributed by atoms with van der Waals surface area (Å²) in [5.41, 5.74) is 5.00. The first-order valence-corrected chi connectivity index (χ1v) is 13.0. The second-order valence-electron chi connectivity index (χ2n) is 10.1. The molecule has 0 amide bonds. The van der Waals surface area contributed by atoms with E-state index in [2.05, 4.69) is 61.5 Å². The molecule has 0 aliphatic carbocycles. The summed E-state index contributed by atoms with van der Waals surface area (Å²) >= 11 is 0. The molecule has 0 unspecified atom stereocenters. The van der Waals surface area contributed by atoms with E-state index in [1.165, 1.54) is 6.20 Å². The summed E-state index contributed by atoms with van der Waals surface area (Å²) in [5.74, 6) is 1.40. The van der Waals surface area contributed by atoms with Gasteiger partial charge in [-0.25, -0.2) is 24.3 Å². The van der Waals surface area contributed by atoms with Crippen LogP contribution in [0.4, 0.5) is 16.2 Å². The smallest absolute Gasteiger partial charge is 0.229 e. The van der Waals surface area contributed by atoms with E-state index in [0.29, 0.717) is 17.3 Å². The second-order valence-corrected chi connectivity index (χ2v) is 10.1. The fourth-order valence-electron chi connectivity index (χ4n) is 5.13. The van der Waals surface area contributed by atoms with Crippen LogP contribution in [0.25, 0.3) is 22.3 Å². The molecule has 4 aromatic rings. The molecular weight excluding hydrogens is 467 g/mol. The number of fused-ring (bicyclic) bond motifs is 1. The van der Waals surface area contributed by atoms with E-state index in [-0.39, 0.29) is 11.7 Å². The number of halogens is 1. The van der Waals surface area contributed by atoms with Crippen molar-refractivity contribution in [3.8, 4) is 11.3 Å². The number of piperazine rings is 1. The standard InChI is InChI=1S/C28H35FN8/c1-6-35-9-11-36(12-10-35)17-21-7-8-25(30-15-21)33-28-31-16-23(29)27(34-28)22-13-19(4)26-24(14-22)37(18(2)3)20(5)32-26/h7-8,13-16,18H,6,9-12,17H2,1-5H3,(H,30,31,33,34). The van der Waals surface area contributed by atoms with Gasteiger partial charge in [0.2, 0.25) is 5.95 Å². The van der Waals surface area contributed by atoms with Gasteiger partial charge in [0, 0.05) is 50.5 Å². The van der Waals surface area contributed by atoms with Gasteiger partial charge in [-0.1, -0.05) is 13.0 Å². The van der Waals surface area contributed by atoms with Crippen molar-refractivity contribution in [2.24, 2.45) is 0 Å². The number of aryl methyl sites for hydroxylation is 2. The maximum absolute atomic E-state index is 14.9. The van der Waals surface area contributed by atoms with Gasteiger partial charge in [-0.2, -0.15) is 0 Å². The van der Waals surface area contributed by atoms with Crippen LogP contribution in [-0.2, 0) is 6.54 Å². The van der Waals surface area contributed by atoms with Gasteiger partial charge in [0.15, 0.2) is 5.82 Å². The molecule has 1 N–H and O–H groups in total. The lowest BCUT2D eigenvalue weighted by molar-refractivity contribution is 0.132. The molecule has 1 aromatic carbocycles. The third-order valence-electron chi connectivity index (χ3n) is 7.08. The second kappa shape index (κ2) is 10.5. The number of nitrogens with zero attached hydrogens (tertiary/aromatic N) is 7. The lowest BCUT2D eigenvalue weighted by Crippen LogP contribution is -2.45. The molecule has 0 radical (unpaired) electrons. The van der Waals surface area contributed by atoms with E-state index >= 15 is 0 Å². The fraction of sp³-hybridized carbons (Fsp3) is 0.429. The van der Waals surface area contributed by atoms with Crippen LogP contribution < -0.4 is 5.32 Å². The molecule has 37 heavy (non-hydrogen) atoms. The Morgan fingerprint density at radius 1 is 0.973 bits per heavy atom. The summed E-state index contributed by atoms with van der Waals surface area (Å²) < 4.78 is 17.1. The number of rotatable bonds is 7. The largest absolute Gasteiger partial charge is 0.326 e. The number of hydrogen-bond acceptors (Lipinski definition) is 7. The zero-order valence-corrected chi connectivity index (χ0v) is 22.3. The summed E-state index contributed by atoms with van der Waals surface area (Å²) in [6.07, 6.45) is 3.09. The Morgan fingerprint density at radius 2 is 1.73 bits per heavy atom. The van der Waals surface area contributed by atoms with E-state index < -0.39 is 5.82 Å². The van der Waals surface area contributed by atoms with Crippen molar-refractivity contribution in [2.75, 3.05) is 38.0 Å². The third kappa shape index (κ3) is 5.33. The van der Waals surface area contributed by atoms with Crippen molar-refractivity contribution in [3.05, 3.63) is 59.4 Å². The van der Waals surface area contributed by atoms with Crippen molar-refractivity contribution in [3.63, 3.8) is 0 Å². The average Bonchev–Trinajstić information content (AvgIpc) is 3.23. The summed E-state index contributed by atoms with van der Waals surface area (Å²) in [6.45, 7) is 16.8. The predicted octanol–water partition coefficient (Wildman–Crippen LogP) is 5.11. The maximum atomic E-state index is 14.9. The quantitative estimate of drug-likeness (QED) is 0.377. The molecule has 9 heteroatoms. The molecule has 1 aliphatic heterocycles. The highest BCUT2D eigenvalue weighted by atomic mass is 19.1. The van der Waals surface area contributed by atoms with Gasteiger partial charge in [0.1, 0.15) is 17.3 Å². The maximum Gasteiger partial charge on any atom is 0.229 e.